The van der Waals surface area contributed by atoms with Gasteiger partial charge in [0.05, 0.1) is 12.0 Å². The molecule has 148 valence electrons. The fourth-order valence-electron chi connectivity index (χ4n) is 3.10. The molecule has 29 heavy (non-hydrogen) atoms. The van der Waals surface area contributed by atoms with Crippen LogP contribution in [0.15, 0.2) is 60.7 Å². The second kappa shape index (κ2) is 8.56. The lowest BCUT2D eigenvalue weighted by Crippen LogP contribution is -2.13. The van der Waals surface area contributed by atoms with Gasteiger partial charge in [-0.05, 0) is 43.2 Å². The van der Waals surface area contributed by atoms with Gasteiger partial charge in [-0.25, -0.2) is 0 Å². The second-order valence-corrected chi connectivity index (χ2v) is 6.70. The van der Waals surface area contributed by atoms with E-state index in [0.29, 0.717) is 22.6 Å². The molecule has 0 aliphatic heterocycles. The molecule has 6 nitrogen and oxygen atoms in total. The van der Waals surface area contributed by atoms with Gasteiger partial charge in [-0.3, -0.25) is 14.9 Å². The average Bonchev–Trinajstić information content (AvgIpc) is 2.72. The summed E-state index contributed by atoms with van der Waals surface area (Å²) in [7, 11) is 1.57. The molecule has 0 aliphatic rings. The molecule has 0 aromatic heterocycles. The number of ether oxygens (including phenoxy) is 2. The van der Waals surface area contributed by atoms with Crippen molar-refractivity contribution in [3.05, 3.63) is 87.5 Å². The largest absolute Gasteiger partial charge is 0.497 e. The minimum atomic E-state index is -0.461. The van der Waals surface area contributed by atoms with Crippen LogP contribution in [-0.4, -0.2) is 24.4 Å². The molecule has 0 heterocycles. The van der Waals surface area contributed by atoms with Crippen LogP contribution in [0.4, 0.5) is 5.69 Å². The zero-order valence-corrected chi connectivity index (χ0v) is 16.5. The molecule has 0 N–H and O–H groups in total. The number of carbonyl (C=O) groups excluding carboxylic acids is 1. The number of aryl methyl sites for hydroxylation is 2. The average molecular weight is 391 g/mol. The summed E-state index contributed by atoms with van der Waals surface area (Å²) < 4.78 is 10.9. The summed E-state index contributed by atoms with van der Waals surface area (Å²) >= 11 is 0. The van der Waals surface area contributed by atoms with Gasteiger partial charge in [0.1, 0.15) is 11.5 Å². The normalized spacial score (nSPS) is 10.4. The highest BCUT2D eigenvalue weighted by Crippen LogP contribution is 2.34. The molecule has 0 aliphatic carbocycles. The summed E-state index contributed by atoms with van der Waals surface area (Å²) in [5.41, 5.74) is 3.78. The van der Waals surface area contributed by atoms with Crippen molar-refractivity contribution >= 4 is 11.5 Å². The Morgan fingerprint density at radius 3 is 2.34 bits per heavy atom. The molecule has 6 heteroatoms. The number of ketones is 1. The molecule has 0 amide bonds. The topological polar surface area (TPSA) is 78.7 Å². The first-order chi connectivity index (χ1) is 13.9. The number of carbonyl (C=O) groups is 1. The van der Waals surface area contributed by atoms with Crippen LogP contribution in [-0.2, 0) is 0 Å². The van der Waals surface area contributed by atoms with Gasteiger partial charge in [-0.1, -0.05) is 35.9 Å². The molecule has 0 radical (unpaired) electrons. The summed E-state index contributed by atoms with van der Waals surface area (Å²) in [6.07, 6.45) is 0. The van der Waals surface area contributed by atoms with E-state index < -0.39 is 4.92 Å². The van der Waals surface area contributed by atoms with Crippen molar-refractivity contribution in [3.8, 4) is 22.6 Å². The highest BCUT2D eigenvalue weighted by atomic mass is 16.6. The highest BCUT2D eigenvalue weighted by Gasteiger charge is 2.16. The molecule has 0 bridgehead atoms. The van der Waals surface area contributed by atoms with Gasteiger partial charge in [0.25, 0.3) is 5.69 Å². The van der Waals surface area contributed by atoms with Gasteiger partial charge >= 0.3 is 0 Å². The predicted molar refractivity (Wildman–Crippen MR) is 111 cm³/mol. The van der Waals surface area contributed by atoms with Crippen LogP contribution < -0.4 is 9.47 Å². The van der Waals surface area contributed by atoms with Gasteiger partial charge in [0.15, 0.2) is 12.4 Å². The van der Waals surface area contributed by atoms with Crippen molar-refractivity contribution < 1.29 is 19.2 Å². The fourth-order valence-corrected chi connectivity index (χ4v) is 3.10. The summed E-state index contributed by atoms with van der Waals surface area (Å²) in [4.78, 5) is 23.3. The maximum absolute atomic E-state index is 12.6. The van der Waals surface area contributed by atoms with Crippen LogP contribution in [0, 0.1) is 24.0 Å². The number of methoxy groups -OCH3 is 1. The van der Waals surface area contributed by atoms with Gasteiger partial charge in [-0.15, -0.1) is 0 Å². The third-order valence-corrected chi connectivity index (χ3v) is 4.62. The molecular weight excluding hydrogens is 370 g/mol. The molecule has 0 atom stereocenters. The van der Waals surface area contributed by atoms with E-state index in [1.807, 2.05) is 26.0 Å². The number of hydrogen-bond acceptors (Lipinski definition) is 5. The molecule has 0 unspecified atom stereocenters. The summed E-state index contributed by atoms with van der Waals surface area (Å²) in [6.45, 7) is 3.69. The molecule has 0 saturated carbocycles. The lowest BCUT2D eigenvalue weighted by Gasteiger charge is -2.13. The van der Waals surface area contributed by atoms with Gasteiger partial charge in [0, 0.05) is 23.3 Å². The van der Waals surface area contributed by atoms with Gasteiger partial charge in [0.2, 0.25) is 0 Å². The highest BCUT2D eigenvalue weighted by molar-refractivity contribution is 5.98. The molecule has 3 rings (SSSR count). The van der Waals surface area contributed by atoms with E-state index in [9.17, 15) is 14.9 Å². The Kier molecular flexibility index (Phi) is 5.93. The van der Waals surface area contributed by atoms with Gasteiger partial charge < -0.3 is 9.47 Å². The lowest BCUT2D eigenvalue weighted by molar-refractivity contribution is -0.384. The van der Waals surface area contributed by atoms with Crippen molar-refractivity contribution in [3.63, 3.8) is 0 Å². The maximum atomic E-state index is 12.6. The van der Waals surface area contributed by atoms with Crippen LogP contribution in [0.25, 0.3) is 11.1 Å². The van der Waals surface area contributed by atoms with Crippen LogP contribution in [0.1, 0.15) is 21.5 Å². The van der Waals surface area contributed by atoms with Crippen LogP contribution >= 0.6 is 0 Å². The molecule has 3 aromatic carbocycles. The third-order valence-electron chi connectivity index (χ3n) is 4.62. The van der Waals surface area contributed by atoms with E-state index in [1.54, 1.807) is 37.4 Å². The van der Waals surface area contributed by atoms with Gasteiger partial charge in [-0.2, -0.15) is 0 Å². The van der Waals surface area contributed by atoms with Crippen molar-refractivity contribution in [2.75, 3.05) is 13.7 Å². The summed E-state index contributed by atoms with van der Waals surface area (Å²) in [6, 6.07) is 17.0. The zero-order chi connectivity index (χ0) is 21.0. The Bertz CT molecular complexity index is 1060. The summed E-state index contributed by atoms with van der Waals surface area (Å²) in [5, 5.41) is 11.2. The Labute approximate surface area is 168 Å². The van der Waals surface area contributed by atoms with Crippen molar-refractivity contribution in [1.82, 2.24) is 0 Å². The number of hydrogen-bond donors (Lipinski definition) is 0. The first kappa shape index (κ1) is 20.1. The Hall–Kier alpha value is -3.67. The standard InChI is InChI=1S/C23H21NO5/c1-15-4-10-20(16(2)12-15)22(25)14-29-23-11-7-18(24(26)27)13-21(23)17-5-8-19(28-3)9-6-17/h4-13H,14H2,1-3H3. The minimum Gasteiger partial charge on any atom is -0.497 e. The van der Waals surface area contributed by atoms with Crippen LogP contribution in [0.2, 0.25) is 0 Å². The molecule has 0 spiro atoms. The number of Topliss-reactive ketones (excluding diaryl/α,β-unsaturated/α-hetero) is 1. The van der Waals surface area contributed by atoms with E-state index in [2.05, 4.69) is 0 Å². The maximum Gasteiger partial charge on any atom is 0.270 e. The molecule has 3 aromatic rings. The Balaban J connectivity index is 1.89. The quantitative estimate of drug-likeness (QED) is 0.316. The molecule has 0 fully saturated rings. The van der Waals surface area contributed by atoms with Crippen molar-refractivity contribution in [2.45, 2.75) is 13.8 Å². The van der Waals surface area contributed by atoms with E-state index in [-0.39, 0.29) is 18.1 Å². The third kappa shape index (κ3) is 4.60. The summed E-state index contributed by atoms with van der Waals surface area (Å²) in [5.74, 6) is 0.923. The second-order valence-electron chi connectivity index (χ2n) is 6.70. The monoisotopic (exact) mass is 391 g/mol. The fraction of sp³-hybridized carbons (Fsp3) is 0.174. The first-order valence-corrected chi connectivity index (χ1v) is 9.05. The van der Waals surface area contributed by atoms with Crippen molar-refractivity contribution in [1.29, 1.82) is 0 Å². The van der Waals surface area contributed by atoms with E-state index in [1.165, 1.54) is 18.2 Å². The number of nitrogens with zero attached hydrogens (tertiary/aromatic N) is 1. The van der Waals surface area contributed by atoms with Crippen LogP contribution in [0.3, 0.4) is 0 Å². The number of benzene rings is 3. The SMILES string of the molecule is COc1ccc(-c2cc([N+](=O)[O-])ccc2OCC(=O)c2ccc(C)cc2C)cc1. The zero-order valence-electron chi connectivity index (χ0n) is 16.5. The molecule has 0 saturated heterocycles. The molecular formula is C23H21NO5. The Morgan fingerprint density at radius 1 is 1.00 bits per heavy atom. The minimum absolute atomic E-state index is 0.0520. The Morgan fingerprint density at radius 2 is 1.72 bits per heavy atom. The van der Waals surface area contributed by atoms with E-state index in [0.717, 1.165) is 16.7 Å². The number of nitro benzene ring substituents is 1. The van der Waals surface area contributed by atoms with Crippen LogP contribution in [0.5, 0.6) is 11.5 Å². The number of non-ortho nitro benzene ring substituents is 1. The lowest BCUT2D eigenvalue weighted by atomic mass is 10.0. The number of nitro groups is 1. The van der Waals surface area contributed by atoms with E-state index >= 15 is 0 Å². The number of rotatable bonds is 7. The smallest absolute Gasteiger partial charge is 0.270 e. The van der Waals surface area contributed by atoms with Crippen molar-refractivity contribution in [2.24, 2.45) is 0 Å². The predicted octanol–water partition coefficient (Wildman–Crippen LogP) is 5.15. The first-order valence-electron chi connectivity index (χ1n) is 9.05. The van der Waals surface area contributed by atoms with E-state index in [4.69, 9.17) is 9.47 Å².